The second kappa shape index (κ2) is 10.1. The number of quaternary nitrogens is 1. The first kappa shape index (κ1) is 21.1. The highest BCUT2D eigenvalue weighted by molar-refractivity contribution is 8.26. The van der Waals surface area contributed by atoms with E-state index in [9.17, 15) is 9.59 Å². The van der Waals surface area contributed by atoms with Crippen LogP contribution in [0.1, 0.15) is 11.3 Å². The predicted octanol–water partition coefficient (Wildman–Crippen LogP) is -1.97. The van der Waals surface area contributed by atoms with Crippen molar-refractivity contribution >= 4 is 57.6 Å². The SMILES string of the molecule is C[NH+](C)CCOC(=O)CCN1C(=O)C(=Cc2cccs2)SC1=S.[Cl-]. The number of nitrogens with zero attached hydrogens (tertiary/aromatic N) is 1. The third-order valence-electron chi connectivity index (χ3n) is 3.09. The fourth-order valence-electron chi connectivity index (χ4n) is 1.84. The van der Waals surface area contributed by atoms with E-state index in [1.807, 2.05) is 37.7 Å². The number of carbonyl (C=O) groups is 2. The third kappa shape index (κ3) is 6.18. The number of hydrogen-bond donors (Lipinski definition) is 1. The van der Waals surface area contributed by atoms with Crippen LogP contribution in [-0.4, -0.2) is 54.9 Å². The van der Waals surface area contributed by atoms with E-state index in [1.165, 1.54) is 21.6 Å². The fraction of sp³-hybridized carbons (Fsp3) is 0.400. The van der Waals surface area contributed by atoms with Crippen LogP contribution >= 0.6 is 35.3 Å². The van der Waals surface area contributed by atoms with Gasteiger partial charge in [0.25, 0.3) is 5.91 Å². The number of nitrogens with one attached hydrogen (secondary N) is 1. The van der Waals surface area contributed by atoms with Crippen molar-refractivity contribution in [3.05, 3.63) is 27.3 Å². The minimum atomic E-state index is -0.303. The number of carbonyl (C=O) groups excluding carboxylic acids is 2. The molecule has 1 aromatic heterocycles. The van der Waals surface area contributed by atoms with Crippen LogP contribution in [0, 0.1) is 0 Å². The van der Waals surface area contributed by atoms with E-state index in [4.69, 9.17) is 17.0 Å². The number of likely N-dealkylation sites (N-methyl/N-ethyl adjacent to an activating group) is 1. The van der Waals surface area contributed by atoms with E-state index in [1.54, 1.807) is 11.3 Å². The van der Waals surface area contributed by atoms with E-state index >= 15 is 0 Å². The molecule has 9 heteroatoms. The standard InChI is InChI=1S/C15H18N2O3S3.ClH/c1-16(2)7-8-20-13(18)5-6-17-14(19)12(23-15(17)21)10-11-4-3-9-22-11;/h3-4,9-10H,5-8H2,1-2H3;1H. The predicted molar refractivity (Wildman–Crippen MR) is 97.5 cm³/mol. The Morgan fingerprint density at radius 1 is 1.46 bits per heavy atom. The van der Waals surface area contributed by atoms with E-state index in [0.29, 0.717) is 15.8 Å². The van der Waals surface area contributed by atoms with Gasteiger partial charge in [-0.15, -0.1) is 11.3 Å². The molecular formula is C15H19ClN2O3S3. The Hall–Kier alpha value is -0.930. The minimum Gasteiger partial charge on any atom is -1.00 e. The van der Waals surface area contributed by atoms with E-state index < -0.39 is 0 Å². The van der Waals surface area contributed by atoms with Gasteiger partial charge in [0.1, 0.15) is 17.5 Å². The summed E-state index contributed by atoms with van der Waals surface area (Å²) in [6.45, 7) is 1.41. The van der Waals surface area contributed by atoms with Crippen molar-refractivity contribution in [2.24, 2.45) is 0 Å². The van der Waals surface area contributed by atoms with Gasteiger partial charge in [-0.2, -0.15) is 0 Å². The van der Waals surface area contributed by atoms with Crippen LogP contribution in [0.5, 0.6) is 0 Å². The summed E-state index contributed by atoms with van der Waals surface area (Å²) >= 11 is 8.08. The molecule has 0 bridgehead atoms. The van der Waals surface area contributed by atoms with Crippen molar-refractivity contribution in [3.8, 4) is 0 Å². The van der Waals surface area contributed by atoms with Crippen molar-refractivity contribution in [1.82, 2.24) is 4.90 Å². The van der Waals surface area contributed by atoms with Gasteiger partial charge in [-0.3, -0.25) is 14.5 Å². The molecule has 1 aliphatic rings. The number of halogens is 1. The van der Waals surface area contributed by atoms with E-state index in [-0.39, 0.29) is 37.2 Å². The van der Waals surface area contributed by atoms with Crippen LogP contribution in [0.2, 0.25) is 0 Å². The molecule has 132 valence electrons. The number of rotatable bonds is 7. The summed E-state index contributed by atoms with van der Waals surface area (Å²) in [5.74, 6) is -0.443. The molecule has 0 unspecified atom stereocenters. The Labute approximate surface area is 161 Å². The zero-order valence-corrected chi connectivity index (χ0v) is 16.6. The van der Waals surface area contributed by atoms with E-state index in [2.05, 4.69) is 0 Å². The molecular weight excluding hydrogens is 388 g/mol. The molecule has 0 aromatic carbocycles. The fourth-order valence-corrected chi connectivity index (χ4v) is 3.87. The molecule has 5 nitrogen and oxygen atoms in total. The molecule has 24 heavy (non-hydrogen) atoms. The second-order valence-electron chi connectivity index (χ2n) is 5.28. The zero-order valence-electron chi connectivity index (χ0n) is 13.4. The lowest BCUT2D eigenvalue weighted by Gasteiger charge is -2.14. The van der Waals surface area contributed by atoms with E-state index in [0.717, 1.165) is 11.4 Å². The monoisotopic (exact) mass is 406 g/mol. The number of ether oxygens (including phenoxy) is 1. The van der Waals surface area contributed by atoms with Crippen LogP contribution < -0.4 is 17.3 Å². The average molecular weight is 407 g/mol. The molecule has 0 saturated carbocycles. The van der Waals surface area contributed by atoms with Crippen molar-refractivity contribution in [2.75, 3.05) is 33.8 Å². The van der Waals surface area contributed by atoms with Crippen molar-refractivity contribution in [1.29, 1.82) is 0 Å². The molecule has 1 N–H and O–H groups in total. The van der Waals surface area contributed by atoms with Gasteiger partial charge in [-0.1, -0.05) is 30.0 Å². The highest BCUT2D eigenvalue weighted by Crippen LogP contribution is 2.33. The molecule has 1 aromatic rings. The maximum Gasteiger partial charge on any atom is 0.307 e. The number of esters is 1. The van der Waals surface area contributed by atoms with Gasteiger partial charge in [-0.25, -0.2) is 0 Å². The highest BCUT2D eigenvalue weighted by Gasteiger charge is 2.32. The maximum absolute atomic E-state index is 12.4. The molecule has 2 heterocycles. The summed E-state index contributed by atoms with van der Waals surface area (Å²) in [7, 11) is 3.99. The van der Waals surface area contributed by atoms with Crippen LogP contribution in [0.25, 0.3) is 6.08 Å². The van der Waals surface area contributed by atoms with Gasteiger partial charge >= 0.3 is 5.97 Å². The number of hydrogen-bond acceptors (Lipinski definition) is 6. The average Bonchev–Trinajstić information content (AvgIpc) is 3.07. The summed E-state index contributed by atoms with van der Waals surface area (Å²) in [5, 5.41) is 1.96. The number of thiophene rings is 1. The summed E-state index contributed by atoms with van der Waals surface area (Å²) in [6, 6.07) is 3.88. The molecule has 1 amide bonds. The van der Waals surface area contributed by atoms with Crippen LogP contribution in [0.4, 0.5) is 0 Å². The van der Waals surface area contributed by atoms with Crippen molar-refractivity contribution in [3.63, 3.8) is 0 Å². The molecule has 1 aliphatic heterocycles. The van der Waals surface area contributed by atoms with Crippen molar-refractivity contribution < 1.29 is 31.6 Å². The largest absolute Gasteiger partial charge is 1.00 e. The van der Waals surface area contributed by atoms with Gasteiger partial charge in [-0.05, 0) is 17.5 Å². The smallest absolute Gasteiger partial charge is 0.307 e. The zero-order chi connectivity index (χ0) is 16.8. The Morgan fingerprint density at radius 3 is 2.83 bits per heavy atom. The van der Waals surface area contributed by atoms with Crippen LogP contribution in [0.15, 0.2) is 22.4 Å². The van der Waals surface area contributed by atoms with Gasteiger partial charge in [0.2, 0.25) is 0 Å². The van der Waals surface area contributed by atoms with Crippen LogP contribution in [-0.2, 0) is 14.3 Å². The summed E-state index contributed by atoms with van der Waals surface area (Å²) in [6.07, 6.45) is 1.99. The number of thioether (sulfide) groups is 1. The normalized spacial score (nSPS) is 16.0. The molecule has 0 atom stereocenters. The van der Waals surface area contributed by atoms with Gasteiger partial charge in [0.15, 0.2) is 0 Å². The summed E-state index contributed by atoms with van der Waals surface area (Å²) in [5.41, 5.74) is 0. The quantitative estimate of drug-likeness (QED) is 0.323. The third-order valence-corrected chi connectivity index (χ3v) is 5.29. The molecule has 0 radical (unpaired) electrons. The topological polar surface area (TPSA) is 51.1 Å². The molecule has 2 rings (SSSR count). The molecule has 1 fully saturated rings. The number of amides is 1. The van der Waals surface area contributed by atoms with Crippen LogP contribution in [0.3, 0.4) is 0 Å². The van der Waals surface area contributed by atoms with Crippen molar-refractivity contribution in [2.45, 2.75) is 6.42 Å². The molecule has 1 saturated heterocycles. The first-order valence-electron chi connectivity index (χ1n) is 7.21. The second-order valence-corrected chi connectivity index (χ2v) is 7.93. The van der Waals surface area contributed by atoms with Gasteiger partial charge < -0.3 is 22.0 Å². The lowest BCUT2D eigenvalue weighted by atomic mass is 10.3. The minimum absolute atomic E-state index is 0. The maximum atomic E-state index is 12.4. The van der Waals surface area contributed by atoms with Gasteiger partial charge in [0.05, 0.1) is 25.4 Å². The first-order valence-corrected chi connectivity index (χ1v) is 9.31. The molecule has 0 spiro atoms. The summed E-state index contributed by atoms with van der Waals surface area (Å²) in [4.78, 5) is 28.4. The lowest BCUT2D eigenvalue weighted by Crippen LogP contribution is -3.06. The Bertz CT molecular complexity index is 617. The number of thiocarbonyl (C=S) groups is 1. The lowest BCUT2D eigenvalue weighted by molar-refractivity contribution is -0.858. The van der Waals surface area contributed by atoms with Gasteiger partial charge in [0, 0.05) is 11.4 Å². The molecule has 0 aliphatic carbocycles. The Balaban J connectivity index is 0.00000288. The Morgan fingerprint density at radius 2 is 2.21 bits per heavy atom. The first-order chi connectivity index (χ1) is 11.0. The Kier molecular flexibility index (Phi) is 8.93. The highest BCUT2D eigenvalue weighted by atomic mass is 35.5. The summed E-state index contributed by atoms with van der Waals surface area (Å²) < 4.78 is 5.62.